The van der Waals surface area contributed by atoms with Gasteiger partial charge in [0.25, 0.3) is 0 Å². The third-order valence-corrected chi connectivity index (χ3v) is 4.66. The molecule has 1 aromatic rings. The molecule has 0 unspecified atom stereocenters. The summed E-state index contributed by atoms with van der Waals surface area (Å²) in [5.41, 5.74) is 1.91. The fraction of sp³-hybridized carbons (Fsp3) is 0.500. The molecule has 1 fully saturated rings. The van der Waals surface area contributed by atoms with Crippen LogP contribution in [-0.4, -0.2) is 43.2 Å². The number of halogens is 2. The third kappa shape index (κ3) is 3.81. The molecule has 0 spiro atoms. The molecule has 0 aliphatic carbocycles. The number of carbonyl (C=O) groups is 1. The highest BCUT2D eigenvalue weighted by atomic mass is 79.9. The van der Waals surface area contributed by atoms with Gasteiger partial charge in [-0.05, 0) is 63.4 Å². The number of benzene rings is 1. The minimum absolute atomic E-state index is 0.00264. The highest BCUT2D eigenvalue weighted by molar-refractivity contribution is 9.11. The van der Waals surface area contributed by atoms with E-state index in [0.717, 1.165) is 33.3 Å². The number of amides is 1. The number of rotatable bonds is 3. The zero-order valence-electron chi connectivity index (χ0n) is 11.6. The van der Waals surface area contributed by atoms with Crippen molar-refractivity contribution >= 4 is 43.5 Å². The fourth-order valence-electron chi connectivity index (χ4n) is 2.18. The van der Waals surface area contributed by atoms with Crippen molar-refractivity contribution in [3.05, 3.63) is 26.6 Å². The summed E-state index contributed by atoms with van der Waals surface area (Å²) in [5.74, 6) is -0.00264. The first kappa shape index (κ1) is 15.9. The Morgan fingerprint density at radius 3 is 2.40 bits per heavy atom. The van der Waals surface area contributed by atoms with E-state index in [-0.39, 0.29) is 11.9 Å². The van der Waals surface area contributed by atoms with Gasteiger partial charge in [0.05, 0.1) is 24.9 Å². The number of morpholine rings is 1. The summed E-state index contributed by atoms with van der Waals surface area (Å²) in [7, 11) is 0. The van der Waals surface area contributed by atoms with Gasteiger partial charge in [0.15, 0.2) is 0 Å². The van der Waals surface area contributed by atoms with Gasteiger partial charge in [-0.25, -0.2) is 0 Å². The number of aryl methyl sites for hydroxylation is 1. The quantitative estimate of drug-likeness (QED) is 0.839. The molecule has 0 radical (unpaired) electrons. The molecule has 1 aliphatic rings. The summed E-state index contributed by atoms with van der Waals surface area (Å²) in [4.78, 5) is 14.5. The molecule has 1 saturated heterocycles. The summed E-state index contributed by atoms with van der Waals surface area (Å²) in [6.45, 7) is 6.91. The maximum atomic E-state index is 12.4. The zero-order chi connectivity index (χ0) is 14.7. The maximum absolute atomic E-state index is 12.4. The van der Waals surface area contributed by atoms with Crippen LogP contribution in [0, 0.1) is 6.92 Å². The van der Waals surface area contributed by atoms with E-state index >= 15 is 0 Å². The van der Waals surface area contributed by atoms with Gasteiger partial charge in [0.1, 0.15) is 0 Å². The number of nitrogens with one attached hydrogen (secondary N) is 1. The van der Waals surface area contributed by atoms with Crippen LogP contribution in [0.15, 0.2) is 21.1 Å². The van der Waals surface area contributed by atoms with E-state index in [1.807, 2.05) is 26.0 Å². The van der Waals surface area contributed by atoms with Crippen LogP contribution in [0.1, 0.15) is 12.5 Å². The Labute approximate surface area is 136 Å². The Bertz CT molecular complexity index is 479. The van der Waals surface area contributed by atoms with E-state index in [2.05, 4.69) is 42.1 Å². The SMILES string of the molecule is Cc1cc(Br)c(NC(=O)[C@H](C)N2CCOCC2)c(Br)c1. The van der Waals surface area contributed by atoms with Crippen molar-refractivity contribution in [2.24, 2.45) is 0 Å². The Morgan fingerprint density at radius 1 is 1.30 bits per heavy atom. The first-order valence-electron chi connectivity index (χ1n) is 6.57. The summed E-state index contributed by atoms with van der Waals surface area (Å²) in [6.07, 6.45) is 0. The third-order valence-electron chi connectivity index (χ3n) is 3.41. The molecule has 6 heteroatoms. The smallest absolute Gasteiger partial charge is 0.241 e. The predicted octanol–water partition coefficient (Wildman–Crippen LogP) is 3.18. The first-order valence-corrected chi connectivity index (χ1v) is 8.16. The molecule has 0 bridgehead atoms. The number of nitrogens with zero attached hydrogens (tertiary/aromatic N) is 1. The monoisotopic (exact) mass is 404 g/mol. The highest BCUT2D eigenvalue weighted by Gasteiger charge is 2.24. The molecule has 4 nitrogen and oxygen atoms in total. The second-order valence-electron chi connectivity index (χ2n) is 4.92. The van der Waals surface area contributed by atoms with Crippen molar-refractivity contribution in [3.8, 4) is 0 Å². The van der Waals surface area contributed by atoms with Crippen molar-refractivity contribution in [2.45, 2.75) is 19.9 Å². The van der Waals surface area contributed by atoms with E-state index in [1.54, 1.807) is 0 Å². The summed E-state index contributed by atoms with van der Waals surface area (Å²) < 4.78 is 7.07. The van der Waals surface area contributed by atoms with Crippen LogP contribution in [0.2, 0.25) is 0 Å². The van der Waals surface area contributed by atoms with Gasteiger partial charge in [0.2, 0.25) is 5.91 Å². The van der Waals surface area contributed by atoms with E-state index in [1.165, 1.54) is 0 Å². The zero-order valence-corrected chi connectivity index (χ0v) is 14.8. The molecule has 20 heavy (non-hydrogen) atoms. The summed E-state index contributed by atoms with van der Waals surface area (Å²) in [6, 6.07) is 3.80. The number of ether oxygens (including phenoxy) is 1. The molecule has 0 aromatic heterocycles. The van der Waals surface area contributed by atoms with Crippen LogP contribution in [0.4, 0.5) is 5.69 Å². The van der Waals surface area contributed by atoms with E-state index < -0.39 is 0 Å². The second-order valence-corrected chi connectivity index (χ2v) is 6.63. The Balaban J connectivity index is 2.07. The normalized spacial score (nSPS) is 17.8. The van der Waals surface area contributed by atoms with Crippen LogP contribution in [-0.2, 0) is 9.53 Å². The molecule has 1 heterocycles. The highest BCUT2D eigenvalue weighted by Crippen LogP contribution is 2.32. The van der Waals surface area contributed by atoms with E-state index in [4.69, 9.17) is 4.74 Å². The van der Waals surface area contributed by atoms with Gasteiger partial charge < -0.3 is 10.1 Å². The summed E-state index contributed by atoms with van der Waals surface area (Å²) in [5, 5.41) is 2.99. The second kappa shape index (κ2) is 7.02. The Kier molecular flexibility index (Phi) is 5.60. The van der Waals surface area contributed by atoms with E-state index in [9.17, 15) is 4.79 Å². The number of carbonyl (C=O) groups excluding carboxylic acids is 1. The molecule has 1 N–H and O–H groups in total. The molecule has 1 atom stereocenters. The van der Waals surface area contributed by atoms with Gasteiger partial charge in [-0.2, -0.15) is 0 Å². The molecular weight excluding hydrogens is 388 g/mol. The Morgan fingerprint density at radius 2 is 1.85 bits per heavy atom. The van der Waals surface area contributed by atoms with Crippen molar-refractivity contribution in [2.75, 3.05) is 31.6 Å². The van der Waals surface area contributed by atoms with Gasteiger partial charge in [0, 0.05) is 22.0 Å². The standard InChI is InChI=1S/C14H18Br2N2O2/c1-9-7-11(15)13(12(16)8-9)17-14(19)10(2)18-3-5-20-6-4-18/h7-8,10H,3-6H2,1-2H3,(H,17,19)/t10-/m0/s1. The lowest BCUT2D eigenvalue weighted by Gasteiger charge is -2.31. The number of hydrogen-bond donors (Lipinski definition) is 1. The molecule has 2 rings (SSSR count). The van der Waals surface area contributed by atoms with Crippen LogP contribution < -0.4 is 5.32 Å². The Hall–Kier alpha value is -0.430. The van der Waals surface area contributed by atoms with Gasteiger partial charge >= 0.3 is 0 Å². The predicted molar refractivity (Wildman–Crippen MR) is 87.1 cm³/mol. The van der Waals surface area contributed by atoms with Crippen molar-refractivity contribution in [1.82, 2.24) is 4.90 Å². The topological polar surface area (TPSA) is 41.6 Å². The number of hydrogen-bond acceptors (Lipinski definition) is 3. The molecule has 110 valence electrons. The summed E-state index contributed by atoms with van der Waals surface area (Å²) >= 11 is 6.99. The first-order chi connectivity index (χ1) is 9.49. The van der Waals surface area contributed by atoms with Gasteiger partial charge in [-0.15, -0.1) is 0 Å². The fourth-order valence-corrected chi connectivity index (χ4v) is 3.79. The molecule has 1 amide bonds. The maximum Gasteiger partial charge on any atom is 0.241 e. The van der Waals surface area contributed by atoms with Crippen LogP contribution in [0.25, 0.3) is 0 Å². The largest absolute Gasteiger partial charge is 0.379 e. The lowest BCUT2D eigenvalue weighted by molar-refractivity contribution is -0.122. The van der Waals surface area contributed by atoms with Crippen molar-refractivity contribution in [1.29, 1.82) is 0 Å². The average molecular weight is 406 g/mol. The van der Waals surface area contributed by atoms with Gasteiger partial charge in [-0.1, -0.05) is 0 Å². The van der Waals surface area contributed by atoms with Crippen molar-refractivity contribution in [3.63, 3.8) is 0 Å². The molecular formula is C14H18Br2N2O2. The molecule has 1 aliphatic heterocycles. The lowest BCUT2D eigenvalue weighted by atomic mass is 10.2. The number of anilines is 1. The van der Waals surface area contributed by atoms with Crippen LogP contribution in [0.3, 0.4) is 0 Å². The van der Waals surface area contributed by atoms with Crippen molar-refractivity contribution < 1.29 is 9.53 Å². The van der Waals surface area contributed by atoms with E-state index in [0.29, 0.717) is 13.2 Å². The van der Waals surface area contributed by atoms with Gasteiger partial charge in [-0.3, -0.25) is 9.69 Å². The lowest BCUT2D eigenvalue weighted by Crippen LogP contribution is -2.47. The average Bonchev–Trinajstić information content (AvgIpc) is 2.42. The minimum Gasteiger partial charge on any atom is -0.379 e. The van der Waals surface area contributed by atoms with Crippen LogP contribution in [0.5, 0.6) is 0 Å². The molecule has 0 saturated carbocycles. The van der Waals surface area contributed by atoms with Crippen LogP contribution >= 0.6 is 31.9 Å². The minimum atomic E-state index is -0.168. The molecule has 1 aromatic carbocycles.